The molecule has 0 saturated heterocycles. The quantitative estimate of drug-likeness (QED) is 0.136. The molecule has 25 rings (SSSR count). The van der Waals surface area contributed by atoms with Crippen LogP contribution >= 0.6 is 0 Å². The minimum atomic E-state index is 1.05. The Morgan fingerprint density at radius 3 is 0.517 bits per heavy atom. The third kappa shape index (κ3) is 9.32. The molecule has 0 atom stereocenters. The van der Waals surface area contributed by atoms with Gasteiger partial charge < -0.3 is 36.5 Å². The largest absolute Gasteiger partial charge is 0.309 e. The van der Waals surface area contributed by atoms with Crippen LogP contribution < -0.4 is 0 Å². The van der Waals surface area contributed by atoms with E-state index in [0.717, 1.165) is 155 Å². The Morgan fingerprint density at radius 2 is 0.259 bits per heavy atom. The molecule has 0 unspecified atom stereocenters. The zero-order chi connectivity index (χ0) is 75.8. The lowest BCUT2D eigenvalue weighted by molar-refractivity contribution is 1.09. The number of hydrogen-bond donors (Lipinski definition) is 0. The summed E-state index contributed by atoms with van der Waals surface area (Å²) in [6, 6.07) is 154. The first-order valence-electron chi connectivity index (χ1n) is 39.9. The lowest BCUT2D eigenvalue weighted by atomic mass is 9.92. The van der Waals surface area contributed by atoms with Gasteiger partial charge in [-0.2, -0.15) is 0 Å². The molecule has 19 aromatic carbocycles. The molecule has 0 radical (unpaired) electrons. The van der Waals surface area contributed by atoms with Crippen LogP contribution in [-0.4, -0.2) is 36.5 Å². The molecule has 0 N–H and O–H groups in total. The zero-order valence-corrected chi connectivity index (χ0v) is 62.8. The molecule has 25 aromatic rings. The number of aromatic nitrogens is 8. The SMILES string of the molecule is c1ccc(-n2c3ccccc3n(-c3ccccc3)c3cc4c5cc(-n6c7ccccc7c7cc(-n8c9ccccc9c9ccccc98)ccc76)ccc5c5cc6c(cc5c5cc(-n7c8ccccc8c8cc(-n9c%10ccccc%10c%10ccccc%109)ccc87)ccc5c4cc32)n(-c2ccccc2)c2ccccc2n6-c2ccccc2)cc1. The van der Waals surface area contributed by atoms with Crippen LogP contribution in [-0.2, 0) is 0 Å². The van der Waals surface area contributed by atoms with Gasteiger partial charge in [0.1, 0.15) is 0 Å². The van der Waals surface area contributed by atoms with Crippen LogP contribution in [0, 0.1) is 0 Å². The molecule has 116 heavy (non-hydrogen) atoms. The fraction of sp³-hybridized carbons (Fsp3) is 0. The number of nitrogens with zero attached hydrogens (tertiary/aromatic N) is 8. The molecule has 0 aliphatic rings. The Bertz CT molecular complexity index is 7960. The highest BCUT2D eigenvalue weighted by atomic mass is 15.1. The summed E-state index contributed by atoms with van der Waals surface area (Å²) in [6.45, 7) is 0. The highest BCUT2D eigenvalue weighted by molar-refractivity contribution is 6.30. The standard InChI is InChI=1S/C108H68N8/c1-5-29-69(30-6-1)109-101-49-25-27-51-103(101)111(71-33-9-3-10-34-71)107-67-89-86-62-74(116-98-48-24-18-42-84(98)92-64-76(56-60-100(92)116)114-95-45-21-15-39-81(95)82-40-16-22-46-96(82)114)54-58-78(86)88-66-106-108(112(72-35-11-4-12-36-72)104-52-28-26-50-102(104)110(106)70-31-7-2-8-32-70)68-90(88)85-61-73(53-57-77(85)87(89)65-105(107)109)115-97-47-23-17-41-83(97)91-63-75(55-59-99(91)115)113-93-43-19-13-37-79(93)80-38-14-20-44-94(80)113/h1-68H. The van der Waals surface area contributed by atoms with Crippen molar-refractivity contribution in [1.82, 2.24) is 36.5 Å². The molecule has 8 heteroatoms. The minimum absolute atomic E-state index is 1.05. The van der Waals surface area contributed by atoms with Crippen molar-refractivity contribution in [2.75, 3.05) is 0 Å². The van der Waals surface area contributed by atoms with E-state index in [1.165, 1.54) is 65.2 Å². The van der Waals surface area contributed by atoms with E-state index >= 15 is 0 Å². The summed E-state index contributed by atoms with van der Waals surface area (Å²) in [4.78, 5) is 0. The molecule has 8 nitrogen and oxygen atoms in total. The van der Waals surface area contributed by atoms with Crippen molar-refractivity contribution in [3.8, 4) is 45.5 Å². The fourth-order valence-corrected chi connectivity index (χ4v) is 19.8. The normalized spacial score (nSPS) is 12.1. The summed E-state index contributed by atoms with van der Waals surface area (Å²) in [7, 11) is 0. The number of hydrogen-bond acceptors (Lipinski definition) is 0. The zero-order valence-electron chi connectivity index (χ0n) is 62.8. The van der Waals surface area contributed by atoms with Crippen LogP contribution in [0.1, 0.15) is 0 Å². The van der Waals surface area contributed by atoms with E-state index in [-0.39, 0.29) is 0 Å². The second-order valence-corrected chi connectivity index (χ2v) is 30.7. The Hall–Kier alpha value is -15.6. The van der Waals surface area contributed by atoms with Crippen molar-refractivity contribution in [1.29, 1.82) is 0 Å². The van der Waals surface area contributed by atoms with Crippen LogP contribution in [0.2, 0.25) is 0 Å². The Morgan fingerprint density at radius 1 is 0.0862 bits per heavy atom. The van der Waals surface area contributed by atoms with Crippen molar-refractivity contribution in [3.63, 3.8) is 0 Å². The van der Waals surface area contributed by atoms with E-state index in [2.05, 4.69) is 449 Å². The predicted octanol–water partition coefficient (Wildman–Crippen LogP) is 28.2. The van der Waals surface area contributed by atoms with Crippen molar-refractivity contribution in [3.05, 3.63) is 413 Å². The van der Waals surface area contributed by atoms with Gasteiger partial charge in [-0.05, 0) is 237 Å². The number of rotatable bonds is 8. The van der Waals surface area contributed by atoms with Gasteiger partial charge in [-0.3, -0.25) is 0 Å². The van der Waals surface area contributed by atoms with Crippen LogP contribution in [0.3, 0.4) is 0 Å². The van der Waals surface area contributed by atoms with Gasteiger partial charge in [0.2, 0.25) is 0 Å². The highest BCUT2D eigenvalue weighted by Crippen LogP contribution is 2.47. The van der Waals surface area contributed by atoms with E-state index in [0.29, 0.717) is 0 Å². The molecule has 540 valence electrons. The Balaban J connectivity index is 0.866. The number of para-hydroxylation sites is 14. The molecule has 0 saturated carbocycles. The second-order valence-electron chi connectivity index (χ2n) is 30.7. The first-order chi connectivity index (χ1) is 57.6. The van der Waals surface area contributed by atoms with Crippen molar-refractivity contribution in [2.45, 2.75) is 0 Å². The lowest BCUT2D eigenvalue weighted by Gasteiger charge is -2.24. The van der Waals surface area contributed by atoms with Gasteiger partial charge in [0.15, 0.2) is 0 Å². The van der Waals surface area contributed by atoms with Crippen molar-refractivity contribution >= 4 is 174 Å². The summed E-state index contributed by atoms with van der Waals surface area (Å²) >= 11 is 0. The van der Waals surface area contributed by atoms with Crippen LogP contribution in [0.4, 0.5) is 0 Å². The summed E-state index contributed by atoms with van der Waals surface area (Å²) < 4.78 is 19.9. The topological polar surface area (TPSA) is 39.4 Å². The fourth-order valence-electron chi connectivity index (χ4n) is 19.8. The van der Waals surface area contributed by atoms with E-state index in [9.17, 15) is 0 Å². The van der Waals surface area contributed by atoms with Crippen LogP contribution in [0.5, 0.6) is 0 Å². The molecular weight excluding hydrogens is 1410 g/mol. The van der Waals surface area contributed by atoms with Crippen LogP contribution in [0.25, 0.3) is 220 Å². The van der Waals surface area contributed by atoms with Gasteiger partial charge in [0, 0.05) is 88.6 Å². The molecule has 0 amide bonds. The molecule has 6 aromatic heterocycles. The summed E-state index contributed by atoms with van der Waals surface area (Å²) in [5.74, 6) is 0. The Labute approximate surface area is 664 Å². The summed E-state index contributed by atoms with van der Waals surface area (Å²) in [6.07, 6.45) is 0. The number of benzene rings is 18. The van der Waals surface area contributed by atoms with E-state index in [4.69, 9.17) is 0 Å². The minimum Gasteiger partial charge on any atom is -0.309 e. The van der Waals surface area contributed by atoms with Gasteiger partial charge in [-0.15, -0.1) is 0 Å². The monoisotopic (exact) mass is 1480 g/mol. The maximum Gasteiger partial charge on any atom is 0.0709 e. The average Bonchev–Trinajstić information content (AvgIpc) is 1.08. The Kier molecular flexibility index (Phi) is 13.8. The molecule has 0 aliphatic heterocycles. The molecular formula is C108H68N8. The molecule has 6 heterocycles. The molecule has 0 bridgehead atoms. The third-order valence-corrected chi connectivity index (χ3v) is 24.6. The van der Waals surface area contributed by atoms with Crippen molar-refractivity contribution in [2.24, 2.45) is 0 Å². The molecule has 0 aliphatic carbocycles. The van der Waals surface area contributed by atoms with Gasteiger partial charge in [0.05, 0.1) is 88.3 Å². The van der Waals surface area contributed by atoms with Gasteiger partial charge in [0.25, 0.3) is 0 Å². The van der Waals surface area contributed by atoms with Gasteiger partial charge in [-0.25, -0.2) is 0 Å². The van der Waals surface area contributed by atoms with Gasteiger partial charge in [-0.1, -0.05) is 218 Å². The first kappa shape index (κ1) is 64.1. The summed E-state index contributed by atoms with van der Waals surface area (Å²) in [5, 5.41) is 18.5. The number of fused-ring (bicyclic) bond motifs is 24. The highest BCUT2D eigenvalue weighted by Gasteiger charge is 2.25. The summed E-state index contributed by atoms with van der Waals surface area (Å²) in [5.41, 5.74) is 26.4. The predicted molar refractivity (Wildman–Crippen MR) is 488 cm³/mol. The molecule has 0 spiro atoms. The van der Waals surface area contributed by atoms with Gasteiger partial charge >= 0.3 is 0 Å². The maximum absolute atomic E-state index is 2.53. The molecule has 0 fully saturated rings. The second kappa shape index (κ2) is 24.9. The van der Waals surface area contributed by atoms with E-state index < -0.39 is 0 Å². The maximum atomic E-state index is 2.53. The van der Waals surface area contributed by atoms with E-state index in [1.807, 2.05) is 0 Å². The average molecular weight is 1480 g/mol. The van der Waals surface area contributed by atoms with Crippen molar-refractivity contribution < 1.29 is 0 Å². The van der Waals surface area contributed by atoms with E-state index in [1.54, 1.807) is 0 Å². The first-order valence-corrected chi connectivity index (χ1v) is 39.9. The lowest BCUT2D eigenvalue weighted by Crippen LogP contribution is -2.08. The third-order valence-electron chi connectivity index (χ3n) is 24.6. The smallest absolute Gasteiger partial charge is 0.0709 e. The van der Waals surface area contributed by atoms with Crippen LogP contribution in [0.15, 0.2) is 413 Å².